The van der Waals surface area contributed by atoms with Gasteiger partial charge in [0.2, 0.25) is 0 Å². The summed E-state index contributed by atoms with van der Waals surface area (Å²) in [6.07, 6.45) is 4.78. The molecule has 0 spiro atoms. The summed E-state index contributed by atoms with van der Waals surface area (Å²) in [6, 6.07) is 10.2. The number of nitrogens with one attached hydrogen (secondary N) is 2. The number of hydrogen-bond acceptors (Lipinski definition) is 4. The molecule has 8 heteroatoms. The number of benzene rings is 1. The van der Waals surface area contributed by atoms with Crippen LogP contribution >= 0.6 is 24.0 Å². The molecule has 0 bridgehead atoms. The molecule has 0 atom stereocenters. The Morgan fingerprint density at radius 2 is 1.93 bits per heavy atom. The number of aromatic nitrogens is 2. The number of carbonyl (C=O) groups excluding carboxylic acids is 1. The summed E-state index contributed by atoms with van der Waals surface area (Å²) >= 11 is 0. The van der Waals surface area contributed by atoms with E-state index >= 15 is 0 Å². The molecule has 0 amide bonds. The monoisotopic (exact) mass is 485 g/mol. The Morgan fingerprint density at radius 3 is 2.52 bits per heavy atom. The summed E-state index contributed by atoms with van der Waals surface area (Å²) < 4.78 is 6.93. The van der Waals surface area contributed by atoms with Crippen LogP contribution < -0.4 is 10.6 Å². The Kier molecular flexibility index (Phi) is 10.5. The molecule has 0 radical (unpaired) electrons. The van der Waals surface area contributed by atoms with Gasteiger partial charge >= 0.3 is 5.97 Å². The van der Waals surface area contributed by atoms with Gasteiger partial charge < -0.3 is 15.4 Å². The lowest BCUT2D eigenvalue weighted by atomic mass is 10.1. The van der Waals surface area contributed by atoms with Crippen molar-refractivity contribution in [3.63, 3.8) is 0 Å². The highest BCUT2D eigenvalue weighted by molar-refractivity contribution is 14.0. The van der Waals surface area contributed by atoms with Gasteiger partial charge in [0.05, 0.1) is 18.2 Å². The maximum absolute atomic E-state index is 11.5. The van der Waals surface area contributed by atoms with Crippen molar-refractivity contribution < 1.29 is 9.53 Å². The first-order valence-corrected chi connectivity index (χ1v) is 8.81. The Labute approximate surface area is 177 Å². The van der Waals surface area contributed by atoms with Crippen LogP contribution in [0.4, 0.5) is 0 Å². The second kappa shape index (κ2) is 12.3. The van der Waals surface area contributed by atoms with Crippen molar-refractivity contribution in [2.24, 2.45) is 4.99 Å². The third-order valence-electron chi connectivity index (χ3n) is 3.62. The molecule has 0 aliphatic carbocycles. The van der Waals surface area contributed by atoms with E-state index in [2.05, 4.69) is 45.0 Å². The fourth-order valence-corrected chi connectivity index (χ4v) is 2.39. The first-order valence-electron chi connectivity index (χ1n) is 8.81. The molecule has 0 saturated heterocycles. The van der Waals surface area contributed by atoms with E-state index < -0.39 is 0 Å². The summed E-state index contributed by atoms with van der Waals surface area (Å²) in [5.74, 6) is 0.468. The van der Waals surface area contributed by atoms with Crippen LogP contribution in [0.15, 0.2) is 47.7 Å². The summed E-state index contributed by atoms with van der Waals surface area (Å²) in [7, 11) is 1.71. The first kappa shape index (κ1) is 22.9. The Bertz CT molecular complexity index is 699. The Morgan fingerprint density at radius 1 is 1.22 bits per heavy atom. The van der Waals surface area contributed by atoms with Crippen LogP contribution in [0.2, 0.25) is 0 Å². The Hall–Kier alpha value is -2.10. The highest BCUT2D eigenvalue weighted by Gasteiger charge is 2.06. The molecular formula is C19H28IN5O2. The van der Waals surface area contributed by atoms with E-state index in [1.165, 1.54) is 5.56 Å². The molecular weight excluding hydrogens is 457 g/mol. The lowest BCUT2D eigenvalue weighted by Gasteiger charge is -2.12. The quantitative estimate of drug-likeness (QED) is 0.260. The lowest BCUT2D eigenvalue weighted by molar-refractivity contribution is -0.147. The molecule has 1 heterocycles. The smallest absolute Gasteiger partial charge is 0.307 e. The molecule has 2 N–H and O–H groups in total. The highest BCUT2D eigenvalue weighted by Crippen LogP contribution is 2.08. The highest BCUT2D eigenvalue weighted by atomic mass is 127. The average molecular weight is 485 g/mol. The molecule has 1 aromatic carbocycles. The molecule has 1 aromatic heterocycles. The third kappa shape index (κ3) is 8.42. The minimum atomic E-state index is -0.208. The first-order chi connectivity index (χ1) is 12.6. The summed E-state index contributed by atoms with van der Waals surface area (Å²) in [5.41, 5.74) is 2.27. The van der Waals surface area contributed by atoms with Gasteiger partial charge in [-0.25, -0.2) is 4.68 Å². The van der Waals surface area contributed by atoms with Gasteiger partial charge in [0.25, 0.3) is 0 Å². The molecule has 0 unspecified atom stereocenters. The number of aliphatic imine (C=N–C) groups is 1. The number of rotatable bonds is 8. The van der Waals surface area contributed by atoms with E-state index in [0.29, 0.717) is 18.9 Å². The average Bonchev–Trinajstić information content (AvgIpc) is 3.15. The van der Waals surface area contributed by atoms with Gasteiger partial charge in [-0.2, -0.15) is 5.10 Å². The van der Waals surface area contributed by atoms with Gasteiger partial charge in [-0.3, -0.25) is 9.79 Å². The van der Waals surface area contributed by atoms with Crippen molar-refractivity contribution in [3.8, 4) is 5.69 Å². The van der Waals surface area contributed by atoms with Crippen molar-refractivity contribution >= 4 is 35.9 Å². The number of hydrogen-bond donors (Lipinski definition) is 2. The van der Waals surface area contributed by atoms with E-state index in [0.717, 1.165) is 18.7 Å². The van der Waals surface area contributed by atoms with E-state index in [4.69, 9.17) is 4.74 Å². The van der Waals surface area contributed by atoms with Gasteiger partial charge in [-0.1, -0.05) is 12.1 Å². The normalized spacial score (nSPS) is 11.0. The number of ether oxygens (including phenoxy) is 1. The van der Waals surface area contributed by atoms with Crippen LogP contribution in [0, 0.1) is 0 Å². The van der Waals surface area contributed by atoms with Gasteiger partial charge in [0.1, 0.15) is 0 Å². The molecule has 2 aromatic rings. The number of nitrogens with zero attached hydrogens (tertiary/aromatic N) is 3. The standard InChI is InChI=1S/C19H27N5O2.HI/c1-15(2)26-18(25)10-13-22-19(20-3)21-12-9-16-5-7-17(8-6-16)24-14-4-11-23-24;/h4-8,11,14-15H,9-10,12-13H2,1-3H3,(H2,20,21,22);1H. The summed E-state index contributed by atoms with van der Waals surface area (Å²) in [4.78, 5) is 15.7. The second-order valence-electron chi connectivity index (χ2n) is 6.08. The van der Waals surface area contributed by atoms with Crippen LogP contribution in [0.5, 0.6) is 0 Å². The Balaban J connectivity index is 0.00000364. The number of guanidine groups is 1. The van der Waals surface area contributed by atoms with Crippen LogP contribution in [0.1, 0.15) is 25.8 Å². The van der Waals surface area contributed by atoms with Crippen LogP contribution in [-0.4, -0.2) is 48.0 Å². The number of halogens is 1. The van der Waals surface area contributed by atoms with Gasteiger partial charge in [-0.05, 0) is 44.0 Å². The molecule has 0 aliphatic heterocycles. The molecule has 0 saturated carbocycles. The van der Waals surface area contributed by atoms with E-state index in [9.17, 15) is 4.79 Å². The van der Waals surface area contributed by atoms with Crippen molar-refractivity contribution in [3.05, 3.63) is 48.3 Å². The molecule has 2 rings (SSSR count). The second-order valence-corrected chi connectivity index (χ2v) is 6.08. The minimum absolute atomic E-state index is 0. The number of carbonyl (C=O) groups is 1. The van der Waals surface area contributed by atoms with Crippen LogP contribution in [0.3, 0.4) is 0 Å². The minimum Gasteiger partial charge on any atom is -0.463 e. The molecule has 148 valence electrons. The SMILES string of the molecule is CN=C(NCCC(=O)OC(C)C)NCCc1ccc(-n2cccn2)cc1.I. The fourth-order valence-electron chi connectivity index (χ4n) is 2.39. The molecule has 7 nitrogen and oxygen atoms in total. The van der Waals surface area contributed by atoms with Crippen molar-refractivity contribution in [2.75, 3.05) is 20.1 Å². The maximum Gasteiger partial charge on any atom is 0.307 e. The van der Waals surface area contributed by atoms with Crippen molar-refractivity contribution in [1.82, 2.24) is 20.4 Å². The van der Waals surface area contributed by atoms with Gasteiger partial charge in [-0.15, -0.1) is 24.0 Å². The zero-order valence-electron chi connectivity index (χ0n) is 16.0. The predicted molar refractivity (Wildman–Crippen MR) is 118 cm³/mol. The zero-order valence-corrected chi connectivity index (χ0v) is 18.3. The largest absolute Gasteiger partial charge is 0.463 e. The lowest BCUT2D eigenvalue weighted by Crippen LogP contribution is -2.39. The van der Waals surface area contributed by atoms with Crippen molar-refractivity contribution in [2.45, 2.75) is 32.8 Å². The predicted octanol–water partition coefficient (Wildman–Crippen LogP) is 2.54. The van der Waals surface area contributed by atoms with Gasteiger partial charge in [0.15, 0.2) is 5.96 Å². The van der Waals surface area contributed by atoms with E-state index in [1.54, 1.807) is 13.2 Å². The molecule has 27 heavy (non-hydrogen) atoms. The van der Waals surface area contributed by atoms with Crippen molar-refractivity contribution in [1.29, 1.82) is 0 Å². The third-order valence-corrected chi connectivity index (χ3v) is 3.62. The molecule has 0 fully saturated rings. The van der Waals surface area contributed by atoms with Crippen LogP contribution in [0.25, 0.3) is 5.69 Å². The summed E-state index contributed by atoms with van der Waals surface area (Å²) in [6.45, 7) is 4.92. The maximum atomic E-state index is 11.5. The number of esters is 1. The van der Waals surface area contributed by atoms with Gasteiger partial charge in [0, 0.05) is 32.5 Å². The molecule has 0 aliphatic rings. The van der Waals surface area contributed by atoms with E-state index in [-0.39, 0.29) is 36.0 Å². The summed E-state index contributed by atoms with van der Waals surface area (Å²) in [5, 5.41) is 10.6. The van der Waals surface area contributed by atoms with E-state index in [1.807, 2.05) is 30.8 Å². The van der Waals surface area contributed by atoms with Crippen LogP contribution in [-0.2, 0) is 16.0 Å². The topological polar surface area (TPSA) is 80.5 Å². The fraction of sp³-hybridized carbons (Fsp3) is 0.421. The zero-order chi connectivity index (χ0) is 18.8.